The highest BCUT2D eigenvalue weighted by molar-refractivity contribution is 6.31. The Hall–Kier alpha value is -1.94. The Kier molecular flexibility index (Phi) is 3.35. The van der Waals surface area contributed by atoms with Crippen molar-refractivity contribution in [1.82, 2.24) is 9.97 Å². The molecule has 0 saturated carbocycles. The Labute approximate surface area is 104 Å². The summed E-state index contributed by atoms with van der Waals surface area (Å²) < 4.78 is 0. The van der Waals surface area contributed by atoms with Gasteiger partial charge in [-0.2, -0.15) is 0 Å². The summed E-state index contributed by atoms with van der Waals surface area (Å²) in [6.45, 7) is 1.90. The number of carbonyl (C=O) groups is 1. The number of nitrogens with zero attached hydrogens (tertiary/aromatic N) is 2. The topological polar surface area (TPSA) is 54.9 Å². The standard InChI is InChI=1S/C12H10ClN3O/c1-8-2-3-9(6-10(8)13)16-12(17)11-7-14-4-5-15-11/h2-7H,1H3,(H,16,17). The van der Waals surface area contributed by atoms with Crippen LogP contribution in [0.15, 0.2) is 36.8 Å². The highest BCUT2D eigenvalue weighted by atomic mass is 35.5. The molecule has 1 aromatic heterocycles. The minimum Gasteiger partial charge on any atom is -0.321 e. The third-order valence-corrected chi connectivity index (χ3v) is 2.63. The predicted molar refractivity (Wildman–Crippen MR) is 66.2 cm³/mol. The first-order chi connectivity index (χ1) is 8.16. The first-order valence-electron chi connectivity index (χ1n) is 5.00. The molecule has 1 heterocycles. The summed E-state index contributed by atoms with van der Waals surface area (Å²) in [6, 6.07) is 5.33. The van der Waals surface area contributed by atoms with E-state index in [-0.39, 0.29) is 11.6 Å². The van der Waals surface area contributed by atoms with E-state index in [0.717, 1.165) is 5.56 Å². The Morgan fingerprint density at radius 2 is 2.18 bits per heavy atom. The van der Waals surface area contributed by atoms with Gasteiger partial charge < -0.3 is 5.32 Å². The number of benzene rings is 1. The molecule has 0 radical (unpaired) electrons. The normalized spacial score (nSPS) is 10.0. The highest BCUT2D eigenvalue weighted by Crippen LogP contribution is 2.20. The van der Waals surface area contributed by atoms with Crippen LogP contribution in [0, 0.1) is 6.92 Å². The van der Waals surface area contributed by atoms with Crippen LogP contribution in [0.5, 0.6) is 0 Å². The molecule has 0 atom stereocenters. The van der Waals surface area contributed by atoms with E-state index >= 15 is 0 Å². The zero-order chi connectivity index (χ0) is 12.3. The van der Waals surface area contributed by atoms with Crippen molar-refractivity contribution in [2.45, 2.75) is 6.92 Å². The molecule has 0 aliphatic rings. The number of nitrogens with one attached hydrogen (secondary N) is 1. The molecular weight excluding hydrogens is 238 g/mol. The van der Waals surface area contributed by atoms with Crippen LogP contribution in [0.3, 0.4) is 0 Å². The van der Waals surface area contributed by atoms with E-state index in [9.17, 15) is 4.79 Å². The smallest absolute Gasteiger partial charge is 0.275 e. The summed E-state index contributed by atoms with van der Waals surface area (Å²) in [5.41, 5.74) is 1.87. The van der Waals surface area contributed by atoms with E-state index in [0.29, 0.717) is 10.7 Å². The van der Waals surface area contributed by atoms with Gasteiger partial charge in [0.1, 0.15) is 5.69 Å². The van der Waals surface area contributed by atoms with Crippen molar-refractivity contribution >= 4 is 23.2 Å². The second-order valence-corrected chi connectivity index (χ2v) is 3.92. The van der Waals surface area contributed by atoms with Crippen molar-refractivity contribution in [3.8, 4) is 0 Å². The van der Waals surface area contributed by atoms with Crippen LogP contribution in [0.1, 0.15) is 16.1 Å². The van der Waals surface area contributed by atoms with E-state index in [4.69, 9.17) is 11.6 Å². The Balaban J connectivity index is 2.16. The van der Waals surface area contributed by atoms with Gasteiger partial charge in [0, 0.05) is 23.1 Å². The second kappa shape index (κ2) is 4.93. The molecule has 1 amide bonds. The van der Waals surface area contributed by atoms with Gasteiger partial charge in [-0.25, -0.2) is 4.98 Å². The van der Waals surface area contributed by atoms with Gasteiger partial charge in [0.05, 0.1) is 6.20 Å². The summed E-state index contributed by atoms with van der Waals surface area (Å²) in [5.74, 6) is -0.307. The van der Waals surface area contributed by atoms with E-state index in [1.165, 1.54) is 18.6 Å². The van der Waals surface area contributed by atoms with E-state index < -0.39 is 0 Å². The fourth-order valence-electron chi connectivity index (χ4n) is 1.28. The molecule has 2 rings (SSSR count). The Morgan fingerprint density at radius 1 is 1.35 bits per heavy atom. The number of halogens is 1. The van der Waals surface area contributed by atoms with Crippen molar-refractivity contribution in [3.63, 3.8) is 0 Å². The van der Waals surface area contributed by atoms with Gasteiger partial charge in [-0.15, -0.1) is 0 Å². The lowest BCUT2D eigenvalue weighted by molar-refractivity contribution is 0.102. The van der Waals surface area contributed by atoms with Crippen LogP contribution in [0.4, 0.5) is 5.69 Å². The van der Waals surface area contributed by atoms with Gasteiger partial charge in [0.15, 0.2) is 0 Å². The van der Waals surface area contributed by atoms with Crippen molar-refractivity contribution < 1.29 is 4.79 Å². The van der Waals surface area contributed by atoms with Crippen molar-refractivity contribution in [1.29, 1.82) is 0 Å². The quantitative estimate of drug-likeness (QED) is 0.888. The predicted octanol–water partition coefficient (Wildman–Crippen LogP) is 2.69. The van der Waals surface area contributed by atoms with Gasteiger partial charge in [-0.3, -0.25) is 9.78 Å². The number of anilines is 1. The number of amides is 1. The molecule has 0 unspecified atom stereocenters. The molecular formula is C12H10ClN3O. The Morgan fingerprint density at radius 3 is 2.82 bits per heavy atom. The average molecular weight is 248 g/mol. The van der Waals surface area contributed by atoms with Crippen molar-refractivity contribution in [3.05, 3.63) is 53.1 Å². The zero-order valence-corrected chi connectivity index (χ0v) is 9.90. The van der Waals surface area contributed by atoms with Gasteiger partial charge in [-0.05, 0) is 24.6 Å². The number of aryl methyl sites for hydroxylation is 1. The summed E-state index contributed by atoms with van der Waals surface area (Å²) in [5, 5.41) is 3.31. The molecule has 0 aliphatic carbocycles. The van der Waals surface area contributed by atoms with Crippen LogP contribution in [-0.2, 0) is 0 Å². The number of hydrogen-bond donors (Lipinski definition) is 1. The molecule has 1 N–H and O–H groups in total. The fraction of sp³-hybridized carbons (Fsp3) is 0.0833. The summed E-state index contributed by atoms with van der Waals surface area (Å²) >= 11 is 5.96. The molecule has 17 heavy (non-hydrogen) atoms. The minimum absolute atomic E-state index is 0.268. The molecule has 0 fully saturated rings. The number of rotatable bonds is 2. The Bertz CT molecular complexity index is 543. The number of hydrogen-bond acceptors (Lipinski definition) is 3. The lowest BCUT2D eigenvalue weighted by atomic mass is 10.2. The van der Waals surface area contributed by atoms with Gasteiger partial charge in [-0.1, -0.05) is 17.7 Å². The maximum Gasteiger partial charge on any atom is 0.275 e. The largest absolute Gasteiger partial charge is 0.321 e. The SMILES string of the molecule is Cc1ccc(NC(=O)c2cnccn2)cc1Cl. The molecule has 0 saturated heterocycles. The van der Waals surface area contributed by atoms with Gasteiger partial charge >= 0.3 is 0 Å². The molecule has 4 nitrogen and oxygen atoms in total. The van der Waals surface area contributed by atoms with Crippen LogP contribution in [0.25, 0.3) is 0 Å². The van der Waals surface area contributed by atoms with Crippen molar-refractivity contribution in [2.75, 3.05) is 5.32 Å². The number of carbonyl (C=O) groups excluding carboxylic acids is 1. The van der Waals surface area contributed by atoms with Crippen LogP contribution < -0.4 is 5.32 Å². The van der Waals surface area contributed by atoms with E-state index in [2.05, 4.69) is 15.3 Å². The van der Waals surface area contributed by atoms with E-state index in [1.54, 1.807) is 12.1 Å². The molecule has 0 aliphatic heterocycles. The fourth-order valence-corrected chi connectivity index (χ4v) is 1.46. The van der Waals surface area contributed by atoms with Crippen LogP contribution in [-0.4, -0.2) is 15.9 Å². The first-order valence-corrected chi connectivity index (χ1v) is 5.38. The van der Waals surface area contributed by atoms with Crippen LogP contribution in [0.2, 0.25) is 5.02 Å². The third kappa shape index (κ3) is 2.79. The van der Waals surface area contributed by atoms with Gasteiger partial charge in [0.25, 0.3) is 5.91 Å². The molecule has 0 spiro atoms. The summed E-state index contributed by atoms with van der Waals surface area (Å²) in [7, 11) is 0. The lowest BCUT2D eigenvalue weighted by Gasteiger charge is -2.05. The molecule has 0 bridgehead atoms. The lowest BCUT2D eigenvalue weighted by Crippen LogP contribution is -2.13. The summed E-state index contributed by atoms with van der Waals surface area (Å²) in [6.07, 6.45) is 4.39. The van der Waals surface area contributed by atoms with Crippen LogP contribution >= 0.6 is 11.6 Å². The highest BCUT2D eigenvalue weighted by Gasteiger charge is 2.07. The molecule has 2 aromatic rings. The minimum atomic E-state index is -0.307. The zero-order valence-electron chi connectivity index (χ0n) is 9.14. The van der Waals surface area contributed by atoms with E-state index in [1.807, 2.05) is 13.0 Å². The summed E-state index contributed by atoms with van der Waals surface area (Å²) in [4.78, 5) is 19.5. The third-order valence-electron chi connectivity index (χ3n) is 2.23. The maximum atomic E-state index is 11.8. The average Bonchev–Trinajstić information content (AvgIpc) is 2.35. The van der Waals surface area contributed by atoms with Gasteiger partial charge in [0.2, 0.25) is 0 Å². The first kappa shape index (κ1) is 11.5. The molecule has 86 valence electrons. The monoisotopic (exact) mass is 247 g/mol. The molecule has 5 heteroatoms. The second-order valence-electron chi connectivity index (χ2n) is 3.51. The number of aromatic nitrogens is 2. The molecule has 1 aromatic carbocycles. The van der Waals surface area contributed by atoms with Crippen molar-refractivity contribution in [2.24, 2.45) is 0 Å². The maximum absolute atomic E-state index is 11.8.